The largest absolute Gasteiger partial charge is 0.413 e. The Morgan fingerprint density at radius 2 is 2.09 bits per heavy atom. The highest BCUT2D eigenvalue weighted by atomic mass is 28.4. The highest BCUT2D eigenvalue weighted by molar-refractivity contribution is 6.74. The summed E-state index contributed by atoms with van der Waals surface area (Å²) in [4.78, 5) is 24.3. The SMILES string of the molecule is C[C@@H](O[Si](C)(C)C(C)(C)C)[C@H]1C(=O)N[C@@H]1CC(=O)[C@@H]1CCCO1. The van der Waals surface area contributed by atoms with Gasteiger partial charge in [0.2, 0.25) is 5.91 Å². The smallest absolute Gasteiger partial charge is 0.228 e. The summed E-state index contributed by atoms with van der Waals surface area (Å²) < 4.78 is 11.8. The lowest BCUT2D eigenvalue weighted by Crippen LogP contribution is -2.64. The number of carbonyl (C=O) groups excluding carboxylic acids is 2. The average Bonchev–Trinajstić information content (AvgIpc) is 2.89. The van der Waals surface area contributed by atoms with Gasteiger partial charge in [0.15, 0.2) is 14.1 Å². The first kappa shape index (κ1) is 18.6. The second-order valence-electron chi connectivity index (χ2n) is 8.40. The minimum absolute atomic E-state index is 0.00125. The molecule has 1 amide bonds. The van der Waals surface area contributed by atoms with Crippen molar-refractivity contribution in [3.05, 3.63) is 0 Å². The summed E-state index contributed by atoms with van der Waals surface area (Å²) in [5, 5.41) is 2.97. The first-order valence-electron chi connectivity index (χ1n) is 8.65. The fraction of sp³-hybridized carbons (Fsp3) is 0.882. The van der Waals surface area contributed by atoms with Crippen molar-refractivity contribution in [1.29, 1.82) is 0 Å². The van der Waals surface area contributed by atoms with Gasteiger partial charge in [-0.2, -0.15) is 0 Å². The topological polar surface area (TPSA) is 64.6 Å². The van der Waals surface area contributed by atoms with Crippen molar-refractivity contribution in [2.24, 2.45) is 5.92 Å². The maximum atomic E-state index is 12.3. The van der Waals surface area contributed by atoms with Crippen LogP contribution in [0.4, 0.5) is 0 Å². The molecule has 5 nitrogen and oxygen atoms in total. The van der Waals surface area contributed by atoms with Crippen LogP contribution in [-0.4, -0.2) is 44.9 Å². The molecular formula is C17H31NO4Si. The summed E-state index contributed by atoms with van der Waals surface area (Å²) in [5.74, 6) is -0.118. The van der Waals surface area contributed by atoms with E-state index in [1.807, 2.05) is 6.92 Å². The van der Waals surface area contributed by atoms with Crippen molar-refractivity contribution < 1.29 is 18.8 Å². The van der Waals surface area contributed by atoms with Crippen molar-refractivity contribution in [3.63, 3.8) is 0 Å². The normalized spacial score (nSPS) is 29.8. The van der Waals surface area contributed by atoms with Gasteiger partial charge >= 0.3 is 0 Å². The molecule has 2 aliphatic rings. The molecule has 6 heteroatoms. The standard InChI is InChI=1S/C17H31NO4Si/c1-11(22-23(5,6)17(2,3)4)15-12(18-16(15)20)10-13(19)14-8-7-9-21-14/h11-12,14-15H,7-10H2,1-6H3,(H,18,20)/t11-,12-,14+,15-/m1/s1. The molecule has 0 aromatic heterocycles. The van der Waals surface area contributed by atoms with E-state index in [-0.39, 0.29) is 40.9 Å². The molecule has 0 aromatic rings. The van der Waals surface area contributed by atoms with Crippen LogP contribution >= 0.6 is 0 Å². The molecule has 1 N–H and O–H groups in total. The Bertz CT molecular complexity index is 466. The van der Waals surface area contributed by atoms with Gasteiger partial charge in [0.25, 0.3) is 0 Å². The van der Waals surface area contributed by atoms with E-state index < -0.39 is 8.32 Å². The van der Waals surface area contributed by atoms with Crippen molar-refractivity contribution in [2.45, 2.75) is 83.3 Å². The molecule has 132 valence electrons. The molecular weight excluding hydrogens is 310 g/mol. The number of Topliss-reactive ketones (excluding diaryl/α,β-unsaturated/α-hetero) is 1. The molecule has 0 aliphatic carbocycles. The summed E-state index contributed by atoms with van der Waals surface area (Å²) >= 11 is 0. The Kier molecular flexibility index (Phi) is 5.38. The Morgan fingerprint density at radius 3 is 2.57 bits per heavy atom. The molecule has 0 bridgehead atoms. The molecule has 2 heterocycles. The van der Waals surface area contributed by atoms with Gasteiger partial charge in [-0.05, 0) is 37.9 Å². The van der Waals surface area contributed by atoms with Crippen molar-refractivity contribution in [1.82, 2.24) is 5.32 Å². The van der Waals surface area contributed by atoms with E-state index in [9.17, 15) is 9.59 Å². The third-order valence-electron chi connectivity index (χ3n) is 5.57. The van der Waals surface area contributed by atoms with Gasteiger partial charge in [0.05, 0.1) is 12.0 Å². The number of hydrogen-bond donors (Lipinski definition) is 1. The van der Waals surface area contributed by atoms with E-state index >= 15 is 0 Å². The van der Waals surface area contributed by atoms with Crippen molar-refractivity contribution >= 4 is 20.0 Å². The maximum Gasteiger partial charge on any atom is 0.228 e. The Morgan fingerprint density at radius 1 is 1.43 bits per heavy atom. The van der Waals surface area contributed by atoms with Crippen LogP contribution in [0.1, 0.15) is 47.0 Å². The van der Waals surface area contributed by atoms with Crippen molar-refractivity contribution in [2.75, 3.05) is 6.61 Å². The molecule has 0 unspecified atom stereocenters. The molecule has 2 fully saturated rings. The van der Waals surface area contributed by atoms with Gasteiger partial charge in [0.1, 0.15) is 6.10 Å². The second-order valence-corrected chi connectivity index (χ2v) is 13.2. The monoisotopic (exact) mass is 341 g/mol. The van der Waals surface area contributed by atoms with Crippen LogP contribution in [0.2, 0.25) is 18.1 Å². The van der Waals surface area contributed by atoms with Gasteiger partial charge in [-0.25, -0.2) is 0 Å². The van der Waals surface area contributed by atoms with Gasteiger partial charge in [-0.15, -0.1) is 0 Å². The van der Waals surface area contributed by atoms with E-state index in [0.717, 1.165) is 12.8 Å². The number of β-lactam (4-membered cyclic amide) rings is 1. The predicted octanol–water partition coefficient (Wildman–Crippen LogP) is 2.65. The zero-order valence-electron chi connectivity index (χ0n) is 15.3. The third kappa shape index (κ3) is 4.03. The molecule has 2 rings (SSSR count). The molecule has 23 heavy (non-hydrogen) atoms. The number of ether oxygens (including phenoxy) is 1. The van der Waals surface area contributed by atoms with E-state index in [2.05, 4.69) is 39.2 Å². The van der Waals surface area contributed by atoms with E-state index in [0.29, 0.717) is 13.0 Å². The quantitative estimate of drug-likeness (QED) is 0.596. The molecule has 0 radical (unpaired) electrons. The summed E-state index contributed by atoms with van der Waals surface area (Å²) in [6, 6.07) is -0.112. The fourth-order valence-corrected chi connectivity index (χ4v) is 4.50. The first-order valence-corrected chi connectivity index (χ1v) is 11.6. The number of nitrogens with one attached hydrogen (secondary N) is 1. The third-order valence-corrected chi connectivity index (χ3v) is 10.1. The molecule has 0 aromatic carbocycles. The molecule has 2 aliphatic heterocycles. The lowest BCUT2D eigenvalue weighted by Gasteiger charge is -2.45. The fourth-order valence-electron chi connectivity index (χ4n) is 3.07. The number of rotatable bonds is 6. The molecule has 4 atom stereocenters. The lowest BCUT2D eigenvalue weighted by atomic mass is 9.82. The van der Waals surface area contributed by atoms with E-state index in [1.165, 1.54) is 0 Å². The van der Waals surface area contributed by atoms with Crippen LogP contribution in [-0.2, 0) is 18.8 Å². The van der Waals surface area contributed by atoms with Gasteiger partial charge < -0.3 is 14.5 Å². The summed E-state index contributed by atoms with van der Waals surface area (Å²) in [6.07, 6.45) is 1.67. The first-order chi connectivity index (χ1) is 10.5. The van der Waals surface area contributed by atoms with Gasteiger partial charge in [-0.3, -0.25) is 9.59 Å². The molecule has 2 saturated heterocycles. The Hall–Kier alpha value is -0.723. The van der Waals surface area contributed by atoms with Gasteiger partial charge in [-0.1, -0.05) is 20.8 Å². The van der Waals surface area contributed by atoms with E-state index in [1.54, 1.807) is 0 Å². The number of hydrogen-bond acceptors (Lipinski definition) is 4. The summed E-state index contributed by atoms with van der Waals surface area (Å²) in [5.41, 5.74) is 0. The van der Waals surface area contributed by atoms with Crippen LogP contribution < -0.4 is 5.32 Å². The van der Waals surface area contributed by atoms with Crippen molar-refractivity contribution in [3.8, 4) is 0 Å². The highest BCUT2D eigenvalue weighted by Gasteiger charge is 2.48. The van der Waals surface area contributed by atoms with E-state index in [4.69, 9.17) is 9.16 Å². The van der Waals surface area contributed by atoms with Crippen LogP contribution in [0.25, 0.3) is 0 Å². The minimum atomic E-state index is -1.93. The highest BCUT2D eigenvalue weighted by Crippen LogP contribution is 2.39. The predicted molar refractivity (Wildman–Crippen MR) is 91.8 cm³/mol. The lowest BCUT2D eigenvalue weighted by molar-refractivity contribution is -0.142. The molecule has 0 saturated carbocycles. The van der Waals surface area contributed by atoms with Crippen LogP contribution in [0.3, 0.4) is 0 Å². The number of amides is 1. The van der Waals surface area contributed by atoms with Crippen LogP contribution in [0, 0.1) is 5.92 Å². The number of carbonyl (C=O) groups is 2. The minimum Gasteiger partial charge on any atom is -0.413 e. The Labute approximate surface area is 140 Å². The average molecular weight is 342 g/mol. The zero-order chi connectivity index (χ0) is 17.4. The number of ketones is 1. The Balaban J connectivity index is 1.94. The van der Waals surface area contributed by atoms with Crippen LogP contribution in [0.15, 0.2) is 0 Å². The van der Waals surface area contributed by atoms with Gasteiger partial charge in [0, 0.05) is 19.1 Å². The molecule has 0 spiro atoms. The summed E-state index contributed by atoms with van der Waals surface area (Å²) in [6.45, 7) is 13.6. The zero-order valence-corrected chi connectivity index (χ0v) is 16.3. The second kappa shape index (κ2) is 6.65. The van der Waals surface area contributed by atoms with Crippen LogP contribution in [0.5, 0.6) is 0 Å². The summed E-state index contributed by atoms with van der Waals surface area (Å²) in [7, 11) is -1.93. The maximum absolute atomic E-state index is 12.3.